The van der Waals surface area contributed by atoms with E-state index in [4.69, 9.17) is 0 Å². The van der Waals surface area contributed by atoms with Gasteiger partial charge in [-0.15, -0.1) is 10.2 Å². The van der Waals surface area contributed by atoms with Gasteiger partial charge in [-0.3, -0.25) is 4.79 Å². The molecule has 3 aromatic heterocycles. The normalized spacial score (nSPS) is 17.6. The molecule has 25 heavy (non-hydrogen) atoms. The molecule has 3 aromatic rings. The third kappa shape index (κ3) is 3.15. The van der Waals surface area contributed by atoms with E-state index < -0.39 is 0 Å². The van der Waals surface area contributed by atoms with Gasteiger partial charge in [0.15, 0.2) is 11.6 Å². The smallest absolute Gasteiger partial charge is 0.250 e. The third-order valence-electron chi connectivity index (χ3n) is 4.56. The van der Waals surface area contributed by atoms with Gasteiger partial charge in [0.05, 0.1) is 12.0 Å². The standard InChI is InChI=1S/C17H19N7O/c1-23-8-6-18-17(23)13-4-5-15(22-21-13)24-7-2-3-12(10-24)14-9-16(25)20-11-19-14/h4-6,8-9,11-12H,2-3,7,10H2,1H3,(H,19,20,25). The summed E-state index contributed by atoms with van der Waals surface area (Å²) in [5.74, 6) is 1.86. The molecule has 1 fully saturated rings. The van der Waals surface area contributed by atoms with Crippen LogP contribution in [-0.2, 0) is 7.05 Å². The molecule has 0 amide bonds. The number of rotatable bonds is 3. The van der Waals surface area contributed by atoms with Gasteiger partial charge in [0.1, 0.15) is 5.69 Å². The van der Waals surface area contributed by atoms with Gasteiger partial charge >= 0.3 is 0 Å². The van der Waals surface area contributed by atoms with Gasteiger partial charge in [0, 0.05) is 44.5 Å². The first-order chi connectivity index (χ1) is 12.2. The van der Waals surface area contributed by atoms with Gasteiger partial charge in [-0.2, -0.15) is 0 Å². The molecule has 128 valence electrons. The van der Waals surface area contributed by atoms with Crippen LogP contribution in [0.5, 0.6) is 0 Å². The van der Waals surface area contributed by atoms with Gasteiger partial charge in [-0.25, -0.2) is 9.97 Å². The predicted octanol–water partition coefficient (Wildman–Crippen LogP) is 1.34. The third-order valence-corrected chi connectivity index (χ3v) is 4.56. The van der Waals surface area contributed by atoms with E-state index in [0.29, 0.717) is 0 Å². The molecule has 8 nitrogen and oxygen atoms in total. The van der Waals surface area contributed by atoms with Crippen molar-refractivity contribution in [3.8, 4) is 11.5 Å². The summed E-state index contributed by atoms with van der Waals surface area (Å²) in [5.41, 5.74) is 1.48. The minimum absolute atomic E-state index is 0.110. The maximum atomic E-state index is 11.5. The van der Waals surface area contributed by atoms with Crippen molar-refractivity contribution >= 4 is 5.82 Å². The maximum Gasteiger partial charge on any atom is 0.250 e. The number of aromatic nitrogens is 6. The molecular weight excluding hydrogens is 318 g/mol. The van der Waals surface area contributed by atoms with Gasteiger partial charge in [0.25, 0.3) is 5.56 Å². The van der Waals surface area contributed by atoms with Gasteiger partial charge in [-0.1, -0.05) is 0 Å². The van der Waals surface area contributed by atoms with Crippen LogP contribution in [0.15, 0.2) is 41.7 Å². The lowest BCUT2D eigenvalue weighted by atomic mass is 9.94. The van der Waals surface area contributed by atoms with Crippen LogP contribution in [0.1, 0.15) is 24.5 Å². The first-order valence-corrected chi connectivity index (χ1v) is 8.32. The fourth-order valence-electron chi connectivity index (χ4n) is 3.26. The molecule has 0 aromatic carbocycles. The molecule has 8 heteroatoms. The largest absolute Gasteiger partial charge is 0.354 e. The van der Waals surface area contributed by atoms with E-state index in [9.17, 15) is 4.79 Å². The summed E-state index contributed by atoms with van der Waals surface area (Å²) in [5, 5.41) is 8.70. The van der Waals surface area contributed by atoms with Crippen LogP contribution < -0.4 is 10.5 Å². The number of aromatic amines is 1. The van der Waals surface area contributed by atoms with Crippen molar-refractivity contribution in [1.82, 2.24) is 29.7 Å². The second-order valence-electron chi connectivity index (χ2n) is 6.26. The van der Waals surface area contributed by atoms with Crippen LogP contribution in [0.2, 0.25) is 0 Å². The Hall–Kier alpha value is -3.03. The van der Waals surface area contributed by atoms with E-state index >= 15 is 0 Å². The van der Waals surface area contributed by atoms with Crippen molar-refractivity contribution in [2.75, 3.05) is 18.0 Å². The minimum Gasteiger partial charge on any atom is -0.354 e. The van der Waals surface area contributed by atoms with Crippen molar-refractivity contribution in [2.24, 2.45) is 7.05 Å². The van der Waals surface area contributed by atoms with E-state index in [0.717, 1.165) is 49.0 Å². The summed E-state index contributed by atoms with van der Waals surface area (Å²) in [6.45, 7) is 1.71. The Balaban J connectivity index is 1.53. The molecule has 0 radical (unpaired) electrons. The number of imidazole rings is 1. The second kappa shape index (κ2) is 6.46. The summed E-state index contributed by atoms with van der Waals surface area (Å²) in [7, 11) is 1.93. The molecule has 1 aliphatic heterocycles. The van der Waals surface area contributed by atoms with Gasteiger partial charge in [0.2, 0.25) is 0 Å². The number of aryl methyl sites for hydroxylation is 1. The van der Waals surface area contributed by atoms with E-state index in [1.54, 1.807) is 12.3 Å². The fourth-order valence-corrected chi connectivity index (χ4v) is 3.26. The van der Waals surface area contributed by atoms with Crippen molar-refractivity contribution in [1.29, 1.82) is 0 Å². The van der Waals surface area contributed by atoms with Gasteiger partial charge < -0.3 is 14.5 Å². The molecule has 0 saturated carbocycles. The summed E-state index contributed by atoms with van der Waals surface area (Å²) >= 11 is 0. The lowest BCUT2D eigenvalue weighted by Crippen LogP contribution is -2.35. The highest BCUT2D eigenvalue weighted by atomic mass is 16.1. The predicted molar refractivity (Wildman–Crippen MR) is 93.3 cm³/mol. The van der Waals surface area contributed by atoms with Crippen LogP contribution in [0.25, 0.3) is 11.5 Å². The average Bonchev–Trinajstić information content (AvgIpc) is 3.08. The molecule has 1 atom stereocenters. The molecule has 0 aliphatic carbocycles. The van der Waals surface area contributed by atoms with Crippen molar-refractivity contribution in [2.45, 2.75) is 18.8 Å². The van der Waals surface area contributed by atoms with Crippen LogP contribution in [0, 0.1) is 0 Å². The second-order valence-corrected chi connectivity index (χ2v) is 6.26. The molecular formula is C17H19N7O. The number of H-pyrrole nitrogens is 1. The van der Waals surface area contributed by atoms with Crippen molar-refractivity contribution in [3.63, 3.8) is 0 Å². The Morgan fingerprint density at radius 3 is 2.88 bits per heavy atom. The molecule has 0 spiro atoms. The zero-order valence-corrected chi connectivity index (χ0v) is 14.0. The molecule has 4 heterocycles. The molecule has 1 saturated heterocycles. The SMILES string of the molecule is Cn1ccnc1-c1ccc(N2CCCC(c3cc(=O)[nH]cn3)C2)nn1. The zero-order valence-electron chi connectivity index (χ0n) is 14.0. The Bertz CT molecular complexity index is 915. The maximum absolute atomic E-state index is 11.5. The first-order valence-electron chi connectivity index (χ1n) is 8.32. The lowest BCUT2D eigenvalue weighted by molar-refractivity contribution is 0.496. The average molecular weight is 337 g/mol. The highest BCUT2D eigenvalue weighted by molar-refractivity contribution is 5.52. The monoisotopic (exact) mass is 337 g/mol. The number of nitrogens with one attached hydrogen (secondary N) is 1. The number of hydrogen-bond donors (Lipinski definition) is 1. The zero-order chi connectivity index (χ0) is 17.2. The van der Waals surface area contributed by atoms with Crippen LogP contribution in [0.4, 0.5) is 5.82 Å². The molecule has 1 unspecified atom stereocenters. The van der Waals surface area contributed by atoms with Crippen LogP contribution >= 0.6 is 0 Å². The number of nitrogens with zero attached hydrogens (tertiary/aromatic N) is 6. The van der Waals surface area contributed by atoms with Crippen molar-refractivity contribution in [3.05, 3.63) is 53.0 Å². The Labute approximate surface area is 144 Å². The summed E-state index contributed by atoms with van der Waals surface area (Å²) < 4.78 is 1.92. The number of anilines is 1. The van der Waals surface area contributed by atoms with Crippen molar-refractivity contribution < 1.29 is 0 Å². The highest BCUT2D eigenvalue weighted by Crippen LogP contribution is 2.27. The summed E-state index contributed by atoms with van der Waals surface area (Å²) in [6, 6.07) is 5.51. The van der Waals surface area contributed by atoms with Crippen LogP contribution in [-0.4, -0.2) is 42.8 Å². The quantitative estimate of drug-likeness (QED) is 0.775. The Kier molecular flexibility index (Phi) is 4.01. The van der Waals surface area contributed by atoms with E-state index in [1.807, 2.05) is 29.9 Å². The summed E-state index contributed by atoms with van der Waals surface area (Å²) in [6.07, 6.45) is 7.15. The topological polar surface area (TPSA) is 92.6 Å². The number of piperidine rings is 1. The molecule has 1 N–H and O–H groups in total. The van der Waals surface area contributed by atoms with Crippen LogP contribution in [0.3, 0.4) is 0 Å². The number of hydrogen-bond acceptors (Lipinski definition) is 6. The highest BCUT2D eigenvalue weighted by Gasteiger charge is 2.24. The Morgan fingerprint density at radius 2 is 2.16 bits per heavy atom. The minimum atomic E-state index is -0.110. The van der Waals surface area contributed by atoms with E-state index in [1.165, 1.54) is 6.33 Å². The molecule has 4 rings (SSSR count). The lowest BCUT2D eigenvalue weighted by Gasteiger charge is -2.32. The van der Waals surface area contributed by atoms with Gasteiger partial charge in [-0.05, 0) is 25.0 Å². The Morgan fingerprint density at radius 1 is 1.24 bits per heavy atom. The van der Waals surface area contributed by atoms with E-state index in [-0.39, 0.29) is 11.5 Å². The first kappa shape index (κ1) is 15.5. The van der Waals surface area contributed by atoms with E-state index in [2.05, 4.69) is 30.0 Å². The molecule has 0 bridgehead atoms. The molecule has 1 aliphatic rings. The fraction of sp³-hybridized carbons (Fsp3) is 0.353. The summed E-state index contributed by atoms with van der Waals surface area (Å²) in [4.78, 5) is 24.9.